The summed E-state index contributed by atoms with van der Waals surface area (Å²) < 4.78 is 5.38. The minimum absolute atomic E-state index is 0.127. The zero-order valence-corrected chi connectivity index (χ0v) is 13.6. The van der Waals surface area contributed by atoms with Gasteiger partial charge in [-0.15, -0.1) is 0 Å². The average molecular weight is 347 g/mol. The molecule has 1 fully saturated rings. The smallest absolute Gasteiger partial charge is 0.325 e. The van der Waals surface area contributed by atoms with E-state index < -0.39 is 23.6 Å². The topological polar surface area (TPSA) is 78.9 Å². The quantitative estimate of drug-likeness (QED) is 0.800. The zero-order valence-electron chi connectivity index (χ0n) is 12.1. The number of aliphatic hydroxyl groups is 1. The van der Waals surface area contributed by atoms with Gasteiger partial charge in [-0.25, -0.2) is 4.79 Å². The maximum atomic E-state index is 12.0. The van der Waals surface area contributed by atoms with E-state index in [4.69, 9.17) is 27.9 Å². The number of ether oxygens (including phenoxy) is 1. The summed E-state index contributed by atoms with van der Waals surface area (Å²) in [6.45, 7) is 2.91. The molecule has 1 saturated heterocycles. The van der Waals surface area contributed by atoms with Gasteiger partial charge in [-0.1, -0.05) is 23.2 Å². The van der Waals surface area contributed by atoms with E-state index in [1.807, 2.05) is 0 Å². The standard InChI is InChI=1S/C14H16Cl2N2O4/c1-14(2)12(20)18(13(21)17-14)6-9(19)7-22-11-5-8(15)3-4-10(11)16/h3-5,9,19H,6-7H2,1-2H3,(H,17,21)/t9-/m1/s1. The molecule has 2 N–H and O–H groups in total. The van der Waals surface area contributed by atoms with Crippen molar-refractivity contribution in [3.8, 4) is 5.75 Å². The molecule has 0 radical (unpaired) electrons. The van der Waals surface area contributed by atoms with E-state index in [1.54, 1.807) is 26.0 Å². The summed E-state index contributed by atoms with van der Waals surface area (Å²) in [6, 6.07) is 4.18. The maximum Gasteiger partial charge on any atom is 0.325 e. The minimum atomic E-state index is -1.04. The largest absolute Gasteiger partial charge is 0.489 e. The third-order valence-electron chi connectivity index (χ3n) is 3.16. The van der Waals surface area contributed by atoms with Gasteiger partial charge < -0.3 is 15.2 Å². The molecule has 120 valence electrons. The van der Waals surface area contributed by atoms with Crippen LogP contribution in [0.2, 0.25) is 10.0 Å². The molecule has 1 aromatic carbocycles. The number of hydrogen-bond acceptors (Lipinski definition) is 4. The number of hydrogen-bond donors (Lipinski definition) is 2. The summed E-state index contributed by atoms with van der Waals surface area (Å²) in [6.07, 6.45) is -1.04. The lowest BCUT2D eigenvalue weighted by Crippen LogP contribution is -2.42. The number of amides is 3. The first-order chi connectivity index (χ1) is 10.2. The Morgan fingerprint density at radius 3 is 2.64 bits per heavy atom. The summed E-state index contributed by atoms with van der Waals surface area (Å²) in [5, 5.41) is 13.3. The third kappa shape index (κ3) is 3.63. The Bertz CT molecular complexity index is 607. The van der Waals surface area contributed by atoms with E-state index in [-0.39, 0.29) is 13.2 Å². The van der Waals surface area contributed by atoms with Crippen molar-refractivity contribution in [2.45, 2.75) is 25.5 Å². The highest BCUT2D eigenvalue weighted by atomic mass is 35.5. The van der Waals surface area contributed by atoms with Gasteiger partial charge in [0.15, 0.2) is 0 Å². The molecule has 0 unspecified atom stereocenters. The van der Waals surface area contributed by atoms with Gasteiger partial charge >= 0.3 is 6.03 Å². The SMILES string of the molecule is CC1(C)NC(=O)N(C[C@@H](O)COc2cc(Cl)ccc2Cl)C1=O. The van der Waals surface area contributed by atoms with Gasteiger partial charge in [-0.05, 0) is 26.0 Å². The number of nitrogens with zero attached hydrogens (tertiary/aromatic N) is 1. The molecular weight excluding hydrogens is 331 g/mol. The van der Waals surface area contributed by atoms with Crippen molar-refractivity contribution in [2.75, 3.05) is 13.2 Å². The van der Waals surface area contributed by atoms with Crippen LogP contribution in [0.3, 0.4) is 0 Å². The van der Waals surface area contributed by atoms with Crippen molar-refractivity contribution in [3.63, 3.8) is 0 Å². The van der Waals surface area contributed by atoms with Crippen LogP contribution >= 0.6 is 23.2 Å². The number of nitrogens with one attached hydrogen (secondary N) is 1. The molecule has 0 saturated carbocycles. The molecule has 1 aliphatic rings. The van der Waals surface area contributed by atoms with Crippen LogP contribution in [0.4, 0.5) is 4.79 Å². The van der Waals surface area contributed by atoms with E-state index in [0.717, 1.165) is 4.90 Å². The van der Waals surface area contributed by atoms with Crippen molar-refractivity contribution >= 4 is 35.1 Å². The molecule has 0 aliphatic carbocycles. The monoisotopic (exact) mass is 346 g/mol. The molecule has 6 nitrogen and oxygen atoms in total. The molecule has 0 aromatic heterocycles. The molecule has 1 aliphatic heterocycles. The first-order valence-corrected chi connectivity index (χ1v) is 7.36. The lowest BCUT2D eigenvalue weighted by molar-refractivity contribution is -0.131. The van der Waals surface area contributed by atoms with Crippen molar-refractivity contribution < 1.29 is 19.4 Å². The molecule has 8 heteroatoms. The number of carbonyl (C=O) groups excluding carboxylic acids is 2. The lowest BCUT2D eigenvalue weighted by Gasteiger charge is -2.19. The number of halogens is 2. The predicted octanol–water partition coefficient (Wildman–Crippen LogP) is 2.06. The Morgan fingerprint density at radius 1 is 1.36 bits per heavy atom. The second-order valence-electron chi connectivity index (χ2n) is 5.51. The van der Waals surface area contributed by atoms with Gasteiger partial charge in [-0.2, -0.15) is 0 Å². The fourth-order valence-electron chi connectivity index (χ4n) is 2.02. The highest BCUT2D eigenvalue weighted by molar-refractivity contribution is 6.34. The van der Waals surface area contributed by atoms with Crippen LogP contribution in [0.5, 0.6) is 5.75 Å². The van der Waals surface area contributed by atoms with Crippen molar-refractivity contribution in [3.05, 3.63) is 28.2 Å². The summed E-state index contributed by atoms with van der Waals surface area (Å²) in [4.78, 5) is 24.7. The molecule has 1 heterocycles. The summed E-state index contributed by atoms with van der Waals surface area (Å²) >= 11 is 11.8. The maximum absolute atomic E-state index is 12.0. The second-order valence-corrected chi connectivity index (χ2v) is 6.35. The lowest BCUT2D eigenvalue weighted by atomic mass is 10.1. The summed E-state index contributed by atoms with van der Waals surface area (Å²) in [5.74, 6) is -0.0666. The van der Waals surface area contributed by atoms with Crippen LogP contribution in [0.25, 0.3) is 0 Å². The number of benzene rings is 1. The van der Waals surface area contributed by atoms with Gasteiger partial charge in [0.25, 0.3) is 5.91 Å². The van der Waals surface area contributed by atoms with Crippen molar-refractivity contribution in [1.82, 2.24) is 10.2 Å². The third-order valence-corrected chi connectivity index (χ3v) is 3.71. The van der Waals surface area contributed by atoms with Crippen molar-refractivity contribution in [2.24, 2.45) is 0 Å². The Labute approximate surface area is 137 Å². The normalized spacial score (nSPS) is 18.3. The second kappa shape index (κ2) is 6.32. The van der Waals surface area contributed by atoms with Gasteiger partial charge in [0.1, 0.15) is 24.0 Å². The van der Waals surface area contributed by atoms with Gasteiger partial charge in [0, 0.05) is 11.1 Å². The average Bonchev–Trinajstić information content (AvgIpc) is 2.62. The zero-order chi connectivity index (χ0) is 16.5. The highest BCUT2D eigenvalue weighted by Crippen LogP contribution is 2.27. The molecule has 0 bridgehead atoms. The van der Waals surface area contributed by atoms with Crippen LogP contribution < -0.4 is 10.1 Å². The van der Waals surface area contributed by atoms with E-state index >= 15 is 0 Å². The number of aliphatic hydroxyl groups excluding tert-OH is 1. The Balaban J connectivity index is 1.94. The van der Waals surface area contributed by atoms with E-state index in [2.05, 4.69) is 5.32 Å². The molecule has 2 rings (SSSR count). The minimum Gasteiger partial charge on any atom is -0.489 e. The molecule has 1 atom stereocenters. The fourth-order valence-corrected chi connectivity index (χ4v) is 2.36. The van der Waals surface area contributed by atoms with Crippen LogP contribution in [-0.4, -0.2) is 46.7 Å². The number of urea groups is 1. The predicted molar refractivity (Wildman–Crippen MR) is 82.3 cm³/mol. The first kappa shape index (κ1) is 16.9. The van der Waals surface area contributed by atoms with Gasteiger partial charge in [0.2, 0.25) is 0 Å². The van der Waals surface area contributed by atoms with Crippen LogP contribution in [0.15, 0.2) is 18.2 Å². The Kier molecular flexibility index (Phi) is 4.84. The van der Waals surface area contributed by atoms with Crippen LogP contribution in [0.1, 0.15) is 13.8 Å². The number of carbonyl (C=O) groups is 2. The molecule has 3 amide bonds. The number of β-amino-alcohol motifs (C(OH)–C–C–N with tert-alkyl or cyclic N) is 1. The van der Waals surface area contributed by atoms with Crippen LogP contribution in [-0.2, 0) is 4.79 Å². The highest BCUT2D eigenvalue weighted by Gasteiger charge is 2.44. The number of rotatable bonds is 5. The Hall–Kier alpha value is -1.50. The molecule has 0 spiro atoms. The fraction of sp³-hybridized carbons (Fsp3) is 0.429. The summed E-state index contributed by atoms with van der Waals surface area (Å²) in [7, 11) is 0. The van der Waals surface area contributed by atoms with E-state index in [1.165, 1.54) is 6.07 Å². The van der Waals surface area contributed by atoms with E-state index in [9.17, 15) is 14.7 Å². The van der Waals surface area contributed by atoms with E-state index in [0.29, 0.717) is 15.8 Å². The molecular formula is C14H16Cl2N2O4. The van der Waals surface area contributed by atoms with Gasteiger partial charge in [0.05, 0.1) is 11.6 Å². The van der Waals surface area contributed by atoms with Crippen LogP contribution in [0, 0.1) is 0 Å². The molecule has 1 aromatic rings. The van der Waals surface area contributed by atoms with Gasteiger partial charge in [-0.3, -0.25) is 9.69 Å². The number of imide groups is 1. The molecule has 22 heavy (non-hydrogen) atoms. The Morgan fingerprint density at radius 2 is 2.05 bits per heavy atom. The van der Waals surface area contributed by atoms with Crippen molar-refractivity contribution in [1.29, 1.82) is 0 Å². The first-order valence-electron chi connectivity index (χ1n) is 6.61. The summed E-state index contributed by atoms with van der Waals surface area (Å²) in [5.41, 5.74) is -0.964.